The molecule has 5 aromatic rings. The number of H-pyrrole nitrogens is 1. The Labute approximate surface area is 137 Å². The van der Waals surface area contributed by atoms with E-state index in [9.17, 15) is 0 Å². The molecule has 0 atom stereocenters. The van der Waals surface area contributed by atoms with Gasteiger partial charge in [-0.05, 0) is 29.8 Å². The summed E-state index contributed by atoms with van der Waals surface area (Å²) in [5, 5.41) is 9.82. The highest BCUT2D eigenvalue weighted by Crippen LogP contribution is 2.31. The normalized spacial score (nSPS) is 11.5. The molecule has 0 amide bonds. The van der Waals surface area contributed by atoms with E-state index in [2.05, 4.69) is 38.4 Å². The van der Waals surface area contributed by atoms with E-state index in [4.69, 9.17) is 0 Å². The first kappa shape index (κ1) is 13.1. The molecule has 5 rings (SSSR count). The van der Waals surface area contributed by atoms with Crippen LogP contribution in [-0.4, -0.2) is 29.4 Å². The third kappa shape index (κ3) is 1.86. The molecule has 5 heterocycles. The zero-order chi connectivity index (χ0) is 16.1. The Hall–Kier alpha value is -3.41. The van der Waals surface area contributed by atoms with Gasteiger partial charge in [-0.15, -0.1) is 0 Å². The maximum Gasteiger partial charge on any atom is 0.137 e. The van der Waals surface area contributed by atoms with Crippen molar-refractivity contribution in [3.05, 3.63) is 61.4 Å². The maximum atomic E-state index is 4.45. The van der Waals surface area contributed by atoms with Gasteiger partial charge in [0.25, 0.3) is 0 Å². The molecule has 0 fully saturated rings. The summed E-state index contributed by atoms with van der Waals surface area (Å²) in [5.41, 5.74) is 6.35. The van der Waals surface area contributed by atoms with Crippen LogP contribution in [0.15, 0.2) is 61.4 Å². The van der Waals surface area contributed by atoms with Crippen LogP contribution in [0.4, 0.5) is 0 Å². The molecular formula is C18H14N6. The number of hydrogen-bond donors (Lipinski definition) is 1. The summed E-state index contributed by atoms with van der Waals surface area (Å²) in [4.78, 5) is 7.59. The van der Waals surface area contributed by atoms with Gasteiger partial charge in [-0.2, -0.15) is 10.2 Å². The molecule has 0 aliphatic heterocycles. The van der Waals surface area contributed by atoms with Gasteiger partial charge in [0.1, 0.15) is 5.65 Å². The Bertz CT molecular complexity index is 1180. The largest absolute Gasteiger partial charge is 0.346 e. The van der Waals surface area contributed by atoms with E-state index in [0.29, 0.717) is 0 Å². The molecule has 0 saturated carbocycles. The first-order chi connectivity index (χ1) is 11.8. The standard InChI is InChI=1S/C18H14N6/c1-23-11-13(8-21-23)16-10-22-24-6-4-12(7-17(16)24)15-9-20-18-14(15)3-2-5-19-18/h2-11H,1H3,(H,19,20). The number of aryl methyl sites for hydroxylation is 1. The lowest BCUT2D eigenvalue weighted by atomic mass is 10.0. The van der Waals surface area contributed by atoms with Crippen molar-refractivity contribution in [3.8, 4) is 22.3 Å². The molecule has 0 aliphatic carbocycles. The summed E-state index contributed by atoms with van der Waals surface area (Å²) in [6, 6.07) is 8.27. The lowest BCUT2D eigenvalue weighted by molar-refractivity contribution is 0.768. The zero-order valence-corrected chi connectivity index (χ0v) is 13.0. The van der Waals surface area contributed by atoms with Gasteiger partial charge in [0.2, 0.25) is 0 Å². The van der Waals surface area contributed by atoms with E-state index < -0.39 is 0 Å². The fraction of sp³-hybridized carbons (Fsp3) is 0.0556. The molecule has 0 bridgehead atoms. The van der Waals surface area contributed by atoms with Crippen LogP contribution in [0, 0.1) is 0 Å². The molecule has 0 radical (unpaired) electrons. The lowest BCUT2D eigenvalue weighted by Gasteiger charge is -2.02. The van der Waals surface area contributed by atoms with Crippen LogP contribution in [0.3, 0.4) is 0 Å². The van der Waals surface area contributed by atoms with Crippen LogP contribution in [-0.2, 0) is 7.05 Å². The van der Waals surface area contributed by atoms with Gasteiger partial charge in [0, 0.05) is 53.9 Å². The van der Waals surface area contributed by atoms with Gasteiger partial charge in [0.15, 0.2) is 0 Å². The number of pyridine rings is 2. The molecule has 0 aliphatic rings. The predicted molar refractivity (Wildman–Crippen MR) is 92.5 cm³/mol. The summed E-state index contributed by atoms with van der Waals surface area (Å²) in [5.74, 6) is 0. The van der Waals surface area contributed by atoms with E-state index in [0.717, 1.165) is 38.8 Å². The van der Waals surface area contributed by atoms with Crippen LogP contribution in [0.5, 0.6) is 0 Å². The topological polar surface area (TPSA) is 63.8 Å². The average molecular weight is 314 g/mol. The quantitative estimate of drug-likeness (QED) is 0.544. The van der Waals surface area contributed by atoms with Crippen LogP contribution in [0.1, 0.15) is 0 Å². The minimum absolute atomic E-state index is 0.897. The van der Waals surface area contributed by atoms with Crippen molar-refractivity contribution in [1.29, 1.82) is 0 Å². The molecule has 116 valence electrons. The van der Waals surface area contributed by atoms with Crippen LogP contribution in [0.2, 0.25) is 0 Å². The molecule has 6 heteroatoms. The van der Waals surface area contributed by atoms with Crippen LogP contribution >= 0.6 is 0 Å². The highest BCUT2D eigenvalue weighted by Gasteiger charge is 2.12. The van der Waals surface area contributed by atoms with Crippen LogP contribution < -0.4 is 0 Å². The van der Waals surface area contributed by atoms with Crippen molar-refractivity contribution < 1.29 is 0 Å². The highest BCUT2D eigenvalue weighted by atomic mass is 15.2. The molecule has 6 nitrogen and oxygen atoms in total. The predicted octanol–water partition coefficient (Wildman–Crippen LogP) is 3.28. The lowest BCUT2D eigenvalue weighted by Crippen LogP contribution is -1.87. The SMILES string of the molecule is Cn1cc(-c2cnn3ccc(-c4c[nH]c5ncccc45)cc23)cn1. The van der Waals surface area contributed by atoms with Crippen molar-refractivity contribution in [2.45, 2.75) is 0 Å². The van der Waals surface area contributed by atoms with E-state index >= 15 is 0 Å². The Morgan fingerprint density at radius 2 is 2.00 bits per heavy atom. The Balaban J connectivity index is 1.73. The van der Waals surface area contributed by atoms with Gasteiger partial charge in [-0.25, -0.2) is 9.50 Å². The second-order valence-corrected chi connectivity index (χ2v) is 5.81. The van der Waals surface area contributed by atoms with Gasteiger partial charge in [0.05, 0.1) is 17.9 Å². The number of aromatic nitrogens is 6. The van der Waals surface area contributed by atoms with Gasteiger partial charge >= 0.3 is 0 Å². The fourth-order valence-corrected chi connectivity index (χ4v) is 3.13. The third-order valence-corrected chi connectivity index (χ3v) is 4.30. The number of aromatic amines is 1. The maximum absolute atomic E-state index is 4.45. The number of nitrogens with one attached hydrogen (secondary N) is 1. The number of fused-ring (bicyclic) bond motifs is 2. The summed E-state index contributed by atoms with van der Waals surface area (Å²) in [6.45, 7) is 0. The van der Waals surface area contributed by atoms with E-state index in [1.165, 1.54) is 0 Å². The molecule has 0 unspecified atom stereocenters. The molecule has 24 heavy (non-hydrogen) atoms. The van der Waals surface area contributed by atoms with Crippen molar-refractivity contribution in [1.82, 2.24) is 29.4 Å². The highest BCUT2D eigenvalue weighted by molar-refractivity contribution is 5.95. The molecular weight excluding hydrogens is 300 g/mol. The van der Waals surface area contributed by atoms with E-state index in [-0.39, 0.29) is 0 Å². The van der Waals surface area contributed by atoms with Gasteiger partial charge in [-0.3, -0.25) is 4.68 Å². The first-order valence-corrected chi connectivity index (χ1v) is 7.68. The summed E-state index contributed by atoms with van der Waals surface area (Å²) in [6.07, 6.45) is 11.5. The average Bonchev–Trinajstić information content (AvgIpc) is 3.31. The second kappa shape index (κ2) is 4.79. The summed E-state index contributed by atoms with van der Waals surface area (Å²) in [7, 11) is 1.92. The molecule has 0 spiro atoms. The Kier molecular flexibility index (Phi) is 2.61. The fourth-order valence-electron chi connectivity index (χ4n) is 3.13. The smallest absolute Gasteiger partial charge is 0.137 e. The van der Waals surface area contributed by atoms with E-state index in [1.807, 2.05) is 48.6 Å². The van der Waals surface area contributed by atoms with Crippen molar-refractivity contribution in [2.75, 3.05) is 0 Å². The van der Waals surface area contributed by atoms with Crippen molar-refractivity contribution in [2.24, 2.45) is 7.05 Å². The summed E-state index contributed by atoms with van der Waals surface area (Å²) < 4.78 is 3.69. The second-order valence-electron chi connectivity index (χ2n) is 5.81. The molecule has 0 saturated heterocycles. The molecule has 1 N–H and O–H groups in total. The van der Waals surface area contributed by atoms with Gasteiger partial charge in [-0.1, -0.05) is 0 Å². The summed E-state index contributed by atoms with van der Waals surface area (Å²) >= 11 is 0. The van der Waals surface area contributed by atoms with Crippen LogP contribution in [0.25, 0.3) is 38.8 Å². The Morgan fingerprint density at radius 1 is 1.04 bits per heavy atom. The first-order valence-electron chi connectivity index (χ1n) is 7.68. The van der Waals surface area contributed by atoms with E-state index in [1.54, 1.807) is 10.9 Å². The van der Waals surface area contributed by atoms with Crippen molar-refractivity contribution >= 4 is 16.6 Å². The zero-order valence-electron chi connectivity index (χ0n) is 13.0. The third-order valence-electron chi connectivity index (χ3n) is 4.30. The Morgan fingerprint density at radius 3 is 2.88 bits per heavy atom. The molecule has 0 aromatic carbocycles. The monoisotopic (exact) mass is 314 g/mol. The number of nitrogens with zero attached hydrogens (tertiary/aromatic N) is 5. The van der Waals surface area contributed by atoms with Gasteiger partial charge < -0.3 is 4.98 Å². The number of rotatable bonds is 2. The number of hydrogen-bond acceptors (Lipinski definition) is 3. The minimum atomic E-state index is 0.897. The van der Waals surface area contributed by atoms with Crippen molar-refractivity contribution in [3.63, 3.8) is 0 Å². The minimum Gasteiger partial charge on any atom is -0.346 e. The molecule has 5 aromatic heterocycles.